The summed E-state index contributed by atoms with van der Waals surface area (Å²) in [5.74, 6) is -2.17. The fourth-order valence-electron chi connectivity index (χ4n) is 4.06. The van der Waals surface area contributed by atoms with Crippen LogP contribution in [0.4, 0.5) is 17.1 Å². The van der Waals surface area contributed by atoms with Crippen molar-refractivity contribution in [3.63, 3.8) is 0 Å². The van der Waals surface area contributed by atoms with Gasteiger partial charge in [-0.1, -0.05) is 6.07 Å². The van der Waals surface area contributed by atoms with Gasteiger partial charge in [-0.3, -0.25) is 23.2 Å². The Balaban J connectivity index is 2.20. The van der Waals surface area contributed by atoms with Gasteiger partial charge in [0.05, 0.1) is 27.5 Å². The first-order valence-corrected chi connectivity index (χ1v) is 14.0. The third kappa shape index (κ3) is 4.12. The average molecular weight is 570 g/mol. The Morgan fingerprint density at radius 1 is 0.595 bits per heavy atom. The van der Waals surface area contributed by atoms with Crippen LogP contribution in [0.25, 0.3) is 11.1 Å². The molecule has 0 saturated carbocycles. The zero-order valence-corrected chi connectivity index (χ0v) is 20.5. The van der Waals surface area contributed by atoms with E-state index in [9.17, 15) is 48.5 Å². The molecule has 37 heavy (non-hydrogen) atoms. The van der Waals surface area contributed by atoms with E-state index in [0.29, 0.717) is 6.07 Å². The molecule has 0 heterocycles. The lowest BCUT2D eigenvalue weighted by molar-refractivity contribution is 0.0979. The molecule has 0 radical (unpaired) electrons. The summed E-state index contributed by atoms with van der Waals surface area (Å²) in [5.41, 5.74) is 12.1. The number of anilines is 3. The highest BCUT2D eigenvalue weighted by Crippen LogP contribution is 2.46. The molecule has 1 aliphatic carbocycles. The van der Waals surface area contributed by atoms with Crippen molar-refractivity contribution in [2.45, 2.75) is 14.7 Å². The van der Waals surface area contributed by atoms with E-state index in [1.807, 2.05) is 0 Å². The van der Waals surface area contributed by atoms with Crippen molar-refractivity contribution in [1.29, 1.82) is 0 Å². The average Bonchev–Trinajstić information content (AvgIpc) is 2.75. The fourth-order valence-corrected chi connectivity index (χ4v) is 5.97. The number of benzene rings is 3. The summed E-state index contributed by atoms with van der Waals surface area (Å²) in [6.45, 7) is 0. The first kappa shape index (κ1) is 26.2. The number of nitrogens with two attached hydrogens (primary N) is 3. The molecular weight excluding hydrogens is 554 g/mol. The van der Waals surface area contributed by atoms with E-state index in [-0.39, 0.29) is 11.1 Å². The molecule has 0 spiro atoms. The van der Waals surface area contributed by atoms with Gasteiger partial charge in [-0.05, 0) is 35.9 Å². The third-order valence-corrected chi connectivity index (χ3v) is 8.31. The van der Waals surface area contributed by atoms with E-state index in [4.69, 9.17) is 17.2 Å². The maximum absolute atomic E-state index is 13.5. The monoisotopic (exact) mass is 569 g/mol. The largest absolute Gasteiger partial charge is 0.398 e. The van der Waals surface area contributed by atoms with Crippen LogP contribution in [0.2, 0.25) is 0 Å². The molecule has 0 amide bonds. The Hall–Kier alpha value is -3.87. The second-order valence-corrected chi connectivity index (χ2v) is 12.0. The maximum Gasteiger partial charge on any atom is 0.298 e. The molecule has 4 rings (SSSR count). The second-order valence-electron chi connectivity index (χ2n) is 7.82. The van der Waals surface area contributed by atoms with Crippen LogP contribution in [0.5, 0.6) is 0 Å². The van der Waals surface area contributed by atoms with Crippen LogP contribution in [-0.2, 0) is 30.4 Å². The second kappa shape index (κ2) is 8.07. The van der Waals surface area contributed by atoms with Gasteiger partial charge in [0.2, 0.25) is 0 Å². The van der Waals surface area contributed by atoms with Gasteiger partial charge in [-0.15, -0.1) is 0 Å². The highest BCUT2D eigenvalue weighted by molar-refractivity contribution is 7.86. The first-order chi connectivity index (χ1) is 16.9. The topological polar surface area (TPSA) is 275 Å². The zero-order valence-electron chi connectivity index (χ0n) is 18.0. The molecule has 0 saturated heterocycles. The SMILES string of the molecule is Nc1ccc(-c2c(N)c(S(=O)(=O)O)c(N)c3c2C(=O)c2ccc(S(=O)(=O)O)cc2C3=O)cc1S(=O)(=O)O. The Kier molecular flexibility index (Phi) is 5.71. The third-order valence-electron chi connectivity index (χ3n) is 5.60. The van der Waals surface area contributed by atoms with Crippen molar-refractivity contribution in [1.82, 2.24) is 0 Å². The van der Waals surface area contributed by atoms with Crippen LogP contribution in [0.1, 0.15) is 31.8 Å². The fraction of sp³-hybridized carbons (Fsp3) is 0. The van der Waals surface area contributed by atoms with Crippen LogP contribution >= 0.6 is 0 Å². The van der Waals surface area contributed by atoms with Gasteiger partial charge in [-0.25, -0.2) is 0 Å². The molecule has 3 aromatic carbocycles. The van der Waals surface area contributed by atoms with Crippen molar-refractivity contribution in [3.05, 3.63) is 58.7 Å². The van der Waals surface area contributed by atoms with E-state index >= 15 is 0 Å². The summed E-state index contributed by atoms with van der Waals surface area (Å²) in [4.78, 5) is 24.2. The lowest BCUT2D eigenvalue weighted by Gasteiger charge is -2.25. The number of hydrogen-bond acceptors (Lipinski definition) is 11. The summed E-state index contributed by atoms with van der Waals surface area (Å²) in [6, 6.07) is 5.29. The maximum atomic E-state index is 13.5. The molecule has 17 heteroatoms. The van der Waals surface area contributed by atoms with Crippen molar-refractivity contribution in [3.8, 4) is 11.1 Å². The normalized spacial score (nSPS) is 13.8. The van der Waals surface area contributed by atoms with Crippen LogP contribution in [-0.4, -0.2) is 50.5 Å². The van der Waals surface area contributed by atoms with Gasteiger partial charge in [0.25, 0.3) is 30.4 Å². The Labute approximate surface area is 208 Å². The molecule has 3 aromatic rings. The summed E-state index contributed by atoms with van der Waals surface area (Å²) >= 11 is 0. The molecule has 0 aromatic heterocycles. The van der Waals surface area contributed by atoms with Crippen LogP contribution < -0.4 is 17.2 Å². The Bertz CT molecular complexity index is 1910. The van der Waals surface area contributed by atoms with E-state index in [2.05, 4.69) is 0 Å². The summed E-state index contributed by atoms with van der Waals surface area (Å²) < 4.78 is 99.7. The number of hydrogen-bond donors (Lipinski definition) is 6. The van der Waals surface area contributed by atoms with Gasteiger partial charge in [0, 0.05) is 22.3 Å². The van der Waals surface area contributed by atoms with Gasteiger partial charge in [-0.2, -0.15) is 25.3 Å². The summed E-state index contributed by atoms with van der Waals surface area (Å²) in [6.07, 6.45) is 0. The summed E-state index contributed by atoms with van der Waals surface area (Å²) in [7, 11) is -15.0. The molecular formula is C20H15N3O11S3. The van der Waals surface area contributed by atoms with Crippen molar-refractivity contribution < 1.29 is 48.5 Å². The smallest absolute Gasteiger partial charge is 0.298 e. The van der Waals surface area contributed by atoms with Crippen LogP contribution in [0.3, 0.4) is 0 Å². The minimum atomic E-state index is -5.27. The molecule has 1 aliphatic rings. The van der Waals surface area contributed by atoms with Crippen LogP contribution in [0.15, 0.2) is 51.1 Å². The van der Waals surface area contributed by atoms with Gasteiger partial charge < -0.3 is 17.2 Å². The molecule has 0 aliphatic heterocycles. The standard InChI is InChI=1S/C20H15N3O11S3/c21-11-4-1-7(5-12(11)36(29,30)31)13-14-15(17(23)20(16(13)22)37(32,33)34)19(25)10-6-8(35(26,27)28)2-3-9(10)18(14)24/h1-6H,21-23H2,(H,26,27,28)(H,29,30,31)(H,32,33,34). The highest BCUT2D eigenvalue weighted by atomic mass is 32.2. The number of ketones is 2. The highest BCUT2D eigenvalue weighted by Gasteiger charge is 2.39. The lowest BCUT2D eigenvalue weighted by atomic mass is 9.79. The molecule has 0 fully saturated rings. The van der Waals surface area contributed by atoms with E-state index in [0.717, 1.165) is 30.3 Å². The van der Waals surface area contributed by atoms with E-state index in [1.54, 1.807) is 0 Å². The van der Waals surface area contributed by atoms with E-state index in [1.165, 1.54) is 0 Å². The van der Waals surface area contributed by atoms with Gasteiger partial charge in [0.1, 0.15) is 9.79 Å². The molecule has 194 valence electrons. The summed E-state index contributed by atoms with van der Waals surface area (Å²) in [5, 5.41) is 0. The number of nitrogen functional groups attached to an aromatic ring is 3. The predicted octanol–water partition coefficient (Wildman–Crippen LogP) is 0.616. The molecule has 0 atom stereocenters. The molecule has 0 unspecified atom stereocenters. The number of rotatable bonds is 4. The lowest BCUT2D eigenvalue weighted by Crippen LogP contribution is -2.26. The minimum absolute atomic E-state index is 0.306. The van der Waals surface area contributed by atoms with Crippen molar-refractivity contribution in [2.75, 3.05) is 17.2 Å². The molecule has 14 nitrogen and oxygen atoms in total. The van der Waals surface area contributed by atoms with Crippen molar-refractivity contribution in [2.24, 2.45) is 0 Å². The number of carbonyl (C=O) groups excluding carboxylic acids is 2. The Morgan fingerprint density at radius 3 is 1.70 bits per heavy atom. The first-order valence-electron chi connectivity index (χ1n) is 9.66. The van der Waals surface area contributed by atoms with Gasteiger partial charge >= 0.3 is 0 Å². The quantitative estimate of drug-likeness (QED) is 0.145. The molecule has 0 bridgehead atoms. The number of fused-ring (bicyclic) bond motifs is 2. The van der Waals surface area contributed by atoms with E-state index < -0.39 is 95.9 Å². The van der Waals surface area contributed by atoms with Gasteiger partial charge in [0.15, 0.2) is 11.6 Å². The predicted molar refractivity (Wildman–Crippen MR) is 128 cm³/mol. The number of carbonyl (C=O) groups is 2. The zero-order chi connectivity index (χ0) is 27.8. The molecule has 9 N–H and O–H groups in total. The van der Waals surface area contributed by atoms with Crippen LogP contribution in [0, 0.1) is 0 Å². The minimum Gasteiger partial charge on any atom is -0.398 e. The Morgan fingerprint density at radius 2 is 1.16 bits per heavy atom. The van der Waals surface area contributed by atoms with Crippen molar-refractivity contribution >= 4 is 59.0 Å².